The number of nitrogens with zero attached hydrogens (tertiary/aromatic N) is 5. The summed E-state index contributed by atoms with van der Waals surface area (Å²) < 4.78 is 5.16. The second kappa shape index (κ2) is 8.95. The summed E-state index contributed by atoms with van der Waals surface area (Å²) in [6, 6.07) is 10.7. The Balaban J connectivity index is 1.44. The molecule has 1 aliphatic heterocycles. The molecule has 0 aliphatic carbocycles. The maximum absolute atomic E-state index is 13.0. The Morgan fingerprint density at radius 3 is 2.52 bits per heavy atom. The predicted molar refractivity (Wildman–Crippen MR) is 116 cm³/mol. The summed E-state index contributed by atoms with van der Waals surface area (Å²) in [7, 11) is 1.61. The molecule has 160 valence electrons. The molecule has 0 radical (unpaired) electrons. The van der Waals surface area contributed by atoms with Gasteiger partial charge < -0.3 is 19.5 Å². The number of aryl methyl sites for hydroxylation is 1. The topological polar surface area (TPSA) is 104 Å². The second-order valence-electron chi connectivity index (χ2n) is 7.40. The minimum atomic E-state index is -0.336. The molecule has 2 aromatic heterocycles. The van der Waals surface area contributed by atoms with Gasteiger partial charge in [0.15, 0.2) is 0 Å². The third kappa shape index (κ3) is 4.88. The maximum Gasteiger partial charge on any atom is 0.272 e. The summed E-state index contributed by atoms with van der Waals surface area (Å²) in [5.41, 5.74) is 1.69. The van der Waals surface area contributed by atoms with E-state index < -0.39 is 0 Å². The van der Waals surface area contributed by atoms with Crippen LogP contribution in [-0.4, -0.2) is 64.0 Å². The molecular formula is C22H24N6O3. The zero-order valence-corrected chi connectivity index (χ0v) is 17.5. The van der Waals surface area contributed by atoms with Gasteiger partial charge in [-0.2, -0.15) is 0 Å². The van der Waals surface area contributed by atoms with Gasteiger partial charge in [-0.3, -0.25) is 9.59 Å². The van der Waals surface area contributed by atoms with Gasteiger partial charge in [0.05, 0.1) is 7.11 Å². The van der Waals surface area contributed by atoms with Gasteiger partial charge in [-0.1, -0.05) is 12.1 Å². The van der Waals surface area contributed by atoms with Crippen LogP contribution >= 0.6 is 0 Å². The standard InChI is InChI=1S/C22H24N6O3/c1-15-11-20(24-14-23-15)27-7-9-28(10-8-27)22(30)18-13-21(29)26-19(25-18)12-16-3-5-17(31-2)6-4-16/h3-6,11,13-14H,7-10,12H2,1-2H3,(H,25,26,29). The normalized spacial score (nSPS) is 13.9. The van der Waals surface area contributed by atoms with Crippen molar-refractivity contribution in [3.05, 3.63) is 75.9 Å². The molecule has 1 fully saturated rings. The van der Waals surface area contributed by atoms with Gasteiger partial charge in [-0.25, -0.2) is 15.0 Å². The number of nitrogens with one attached hydrogen (secondary N) is 1. The van der Waals surface area contributed by atoms with E-state index in [0.717, 1.165) is 22.8 Å². The van der Waals surface area contributed by atoms with E-state index in [0.29, 0.717) is 38.4 Å². The number of hydrogen-bond acceptors (Lipinski definition) is 7. The van der Waals surface area contributed by atoms with Crippen LogP contribution in [-0.2, 0) is 6.42 Å². The van der Waals surface area contributed by atoms with Crippen LogP contribution in [0.1, 0.15) is 27.6 Å². The number of ether oxygens (including phenoxy) is 1. The molecule has 0 atom stereocenters. The molecule has 1 amide bonds. The number of hydrogen-bond donors (Lipinski definition) is 1. The molecule has 0 bridgehead atoms. The summed E-state index contributed by atoms with van der Waals surface area (Å²) in [4.78, 5) is 44.6. The fourth-order valence-corrected chi connectivity index (χ4v) is 3.55. The highest BCUT2D eigenvalue weighted by Gasteiger charge is 2.24. The van der Waals surface area contributed by atoms with Gasteiger partial charge in [0.25, 0.3) is 11.5 Å². The third-order valence-electron chi connectivity index (χ3n) is 5.22. The van der Waals surface area contributed by atoms with Gasteiger partial charge in [-0.05, 0) is 24.6 Å². The van der Waals surface area contributed by atoms with Gasteiger partial charge in [0, 0.05) is 50.4 Å². The maximum atomic E-state index is 13.0. The SMILES string of the molecule is COc1ccc(Cc2nc(C(=O)N3CCN(c4cc(C)ncn4)CC3)cc(=O)[nH]2)cc1. The van der Waals surface area contributed by atoms with Crippen molar-refractivity contribution < 1.29 is 9.53 Å². The van der Waals surface area contributed by atoms with E-state index in [1.54, 1.807) is 18.3 Å². The molecule has 1 N–H and O–H groups in total. The number of H-pyrrole nitrogens is 1. The number of aromatic nitrogens is 4. The number of rotatable bonds is 5. The van der Waals surface area contributed by atoms with Crippen LogP contribution in [0.25, 0.3) is 0 Å². The summed E-state index contributed by atoms with van der Waals surface area (Å²) in [6.45, 7) is 4.30. The van der Waals surface area contributed by atoms with Gasteiger partial charge >= 0.3 is 0 Å². The van der Waals surface area contributed by atoms with Crippen molar-refractivity contribution in [3.8, 4) is 5.75 Å². The highest BCUT2D eigenvalue weighted by Crippen LogP contribution is 2.16. The molecule has 3 aromatic rings. The number of anilines is 1. The van der Waals surface area contributed by atoms with E-state index in [1.807, 2.05) is 37.3 Å². The van der Waals surface area contributed by atoms with Crippen molar-refractivity contribution >= 4 is 11.7 Å². The van der Waals surface area contributed by atoms with Crippen LogP contribution in [0.4, 0.5) is 5.82 Å². The zero-order valence-electron chi connectivity index (χ0n) is 17.5. The first kappa shape index (κ1) is 20.5. The highest BCUT2D eigenvalue weighted by atomic mass is 16.5. The molecule has 0 spiro atoms. The number of benzene rings is 1. The number of carbonyl (C=O) groups excluding carboxylic acids is 1. The molecule has 9 heteroatoms. The van der Waals surface area contributed by atoms with Gasteiger partial charge in [0.1, 0.15) is 29.4 Å². The van der Waals surface area contributed by atoms with E-state index in [-0.39, 0.29) is 17.2 Å². The molecule has 9 nitrogen and oxygen atoms in total. The fourth-order valence-electron chi connectivity index (χ4n) is 3.55. The lowest BCUT2D eigenvalue weighted by Crippen LogP contribution is -2.49. The lowest BCUT2D eigenvalue weighted by Gasteiger charge is -2.35. The van der Waals surface area contributed by atoms with Crippen LogP contribution in [0.5, 0.6) is 5.75 Å². The largest absolute Gasteiger partial charge is 0.497 e. The number of aromatic amines is 1. The Morgan fingerprint density at radius 2 is 1.84 bits per heavy atom. The lowest BCUT2D eigenvalue weighted by molar-refractivity contribution is 0.0740. The van der Waals surface area contributed by atoms with Gasteiger partial charge in [-0.15, -0.1) is 0 Å². The number of carbonyl (C=O) groups is 1. The van der Waals surface area contributed by atoms with Crippen LogP contribution in [0, 0.1) is 6.92 Å². The first-order valence-electron chi connectivity index (χ1n) is 10.1. The van der Waals surface area contributed by atoms with E-state index in [2.05, 4.69) is 24.8 Å². The van der Waals surface area contributed by atoms with Crippen molar-refractivity contribution in [2.75, 3.05) is 38.2 Å². The summed E-state index contributed by atoms with van der Waals surface area (Å²) >= 11 is 0. The Bertz CT molecular complexity index is 1120. The molecule has 3 heterocycles. The molecule has 1 aliphatic rings. The van der Waals surface area contributed by atoms with Crippen molar-refractivity contribution in [2.45, 2.75) is 13.3 Å². The minimum Gasteiger partial charge on any atom is -0.497 e. The molecule has 1 aromatic carbocycles. The quantitative estimate of drug-likeness (QED) is 0.666. The molecule has 0 unspecified atom stereocenters. The Labute approximate surface area is 179 Å². The number of methoxy groups -OCH3 is 1. The number of piperazine rings is 1. The molecule has 31 heavy (non-hydrogen) atoms. The fraction of sp³-hybridized carbons (Fsp3) is 0.318. The van der Waals surface area contributed by atoms with Crippen molar-refractivity contribution in [2.24, 2.45) is 0 Å². The summed E-state index contributed by atoms with van der Waals surface area (Å²) in [5, 5.41) is 0. The predicted octanol–water partition coefficient (Wildman–Crippen LogP) is 1.43. The average molecular weight is 420 g/mol. The number of amides is 1. The first-order chi connectivity index (χ1) is 15.0. The summed E-state index contributed by atoms with van der Waals surface area (Å²) in [5.74, 6) is 1.83. The highest BCUT2D eigenvalue weighted by molar-refractivity contribution is 5.92. The average Bonchev–Trinajstić information content (AvgIpc) is 2.79. The Kier molecular flexibility index (Phi) is 5.92. The second-order valence-corrected chi connectivity index (χ2v) is 7.40. The zero-order chi connectivity index (χ0) is 21.8. The first-order valence-corrected chi connectivity index (χ1v) is 10.1. The third-order valence-corrected chi connectivity index (χ3v) is 5.22. The Hall–Kier alpha value is -3.75. The van der Waals surface area contributed by atoms with E-state index in [9.17, 15) is 9.59 Å². The summed E-state index contributed by atoms with van der Waals surface area (Å²) in [6.07, 6.45) is 1.97. The molecule has 4 rings (SSSR count). The molecule has 0 saturated carbocycles. The van der Waals surface area contributed by atoms with Crippen molar-refractivity contribution in [1.82, 2.24) is 24.8 Å². The van der Waals surface area contributed by atoms with Crippen LogP contribution in [0.2, 0.25) is 0 Å². The van der Waals surface area contributed by atoms with Gasteiger partial charge in [0.2, 0.25) is 0 Å². The smallest absolute Gasteiger partial charge is 0.272 e. The van der Waals surface area contributed by atoms with Crippen molar-refractivity contribution in [1.29, 1.82) is 0 Å². The molecule has 1 saturated heterocycles. The van der Waals surface area contributed by atoms with Crippen LogP contribution in [0.15, 0.2) is 47.5 Å². The van der Waals surface area contributed by atoms with E-state index >= 15 is 0 Å². The van der Waals surface area contributed by atoms with Crippen LogP contribution in [0.3, 0.4) is 0 Å². The van der Waals surface area contributed by atoms with Crippen molar-refractivity contribution in [3.63, 3.8) is 0 Å². The lowest BCUT2D eigenvalue weighted by atomic mass is 10.1. The van der Waals surface area contributed by atoms with E-state index in [4.69, 9.17) is 4.74 Å². The minimum absolute atomic E-state index is 0.165. The van der Waals surface area contributed by atoms with E-state index in [1.165, 1.54) is 6.07 Å². The monoisotopic (exact) mass is 420 g/mol. The Morgan fingerprint density at radius 1 is 1.10 bits per heavy atom. The van der Waals surface area contributed by atoms with Crippen LogP contribution < -0.4 is 15.2 Å². The molecular weight excluding hydrogens is 396 g/mol.